The summed E-state index contributed by atoms with van der Waals surface area (Å²) in [4.78, 5) is 2.24. The van der Waals surface area contributed by atoms with Gasteiger partial charge >= 0.3 is 0 Å². The van der Waals surface area contributed by atoms with Gasteiger partial charge in [-0.3, -0.25) is 0 Å². The number of ether oxygens (including phenoxy) is 1. The van der Waals surface area contributed by atoms with E-state index in [-0.39, 0.29) is 0 Å². The van der Waals surface area contributed by atoms with Gasteiger partial charge < -0.3 is 15.0 Å². The van der Waals surface area contributed by atoms with Crippen LogP contribution in [-0.2, 0) is 4.74 Å². The molecule has 0 bridgehead atoms. The number of nitrogens with one attached hydrogen (secondary N) is 1. The summed E-state index contributed by atoms with van der Waals surface area (Å²) >= 11 is 0. The lowest BCUT2D eigenvalue weighted by molar-refractivity contribution is 0.177. The lowest BCUT2D eigenvalue weighted by Gasteiger charge is -2.29. The van der Waals surface area contributed by atoms with E-state index in [1.807, 2.05) is 0 Å². The lowest BCUT2D eigenvalue weighted by Crippen LogP contribution is -2.46. The zero-order valence-electron chi connectivity index (χ0n) is 11.2. The molecule has 0 saturated carbocycles. The van der Waals surface area contributed by atoms with E-state index in [4.69, 9.17) is 4.74 Å². The molecule has 0 aliphatic heterocycles. The van der Waals surface area contributed by atoms with Crippen molar-refractivity contribution in [3.63, 3.8) is 0 Å². The fraction of sp³-hybridized carbons (Fsp3) is 1.00. The zero-order chi connectivity index (χ0) is 11.8. The third-order valence-corrected chi connectivity index (χ3v) is 2.62. The van der Waals surface area contributed by atoms with Gasteiger partial charge in [0, 0.05) is 32.3 Å². The summed E-state index contributed by atoms with van der Waals surface area (Å²) in [6.07, 6.45) is 1.08. The molecule has 0 amide bonds. The number of rotatable bonds is 8. The van der Waals surface area contributed by atoms with Gasteiger partial charge in [-0.05, 0) is 33.4 Å². The first-order valence-corrected chi connectivity index (χ1v) is 5.87. The number of likely N-dealkylation sites (N-methyl/N-ethyl adjacent to an activating group) is 1. The molecule has 92 valence electrons. The second-order valence-corrected chi connectivity index (χ2v) is 4.96. The SMILES string of the molecule is COCCC(C)NC(CN(C)C)C(C)C. The first-order valence-electron chi connectivity index (χ1n) is 5.87. The maximum atomic E-state index is 5.09. The Morgan fingerprint density at radius 3 is 2.20 bits per heavy atom. The molecule has 3 heteroatoms. The van der Waals surface area contributed by atoms with E-state index < -0.39 is 0 Å². The Hall–Kier alpha value is -0.120. The Bertz CT molecular complexity index is 149. The summed E-state index contributed by atoms with van der Waals surface area (Å²) in [5.74, 6) is 0.664. The highest BCUT2D eigenvalue weighted by Crippen LogP contribution is 2.05. The maximum absolute atomic E-state index is 5.09. The van der Waals surface area contributed by atoms with Crippen LogP contribution >= 0.6 is 0 Å². The van der Waals surface area contributed by atoms with Crippen molar-refractivity contribution < 1.29 is 4.74 Å². The van der Waals surface area contributed by atoms with Crippen LogP contribution in [0.25, 0.3) is 0 Å². The van der Waals surface area contributed by atoms with Crippen LogP contribution in [0.15, 0.2) is 0 Å². The van der Waals surface area contributed by atoms with Gasteiger partial charge in [-0.25, -0.2) is 0 Å². The summed E-state index contributed by atoms with van der Waals surface area (Å²) in [7, 11) is 6.00. The van der Waals surface area contributed by atoms with Crippen molar-refractivity contribution in [1.82, 2.24) is 10.2 Å². The van der Waals surface area contributed by atoms with Crippen LogP contribution in [0.5, 0.6) is 0 Å². The third kappa shape index (κ3) is 7.77. The van der Waals surface area contributed by atoms with E-state index >= 15 is 0 Å². The van der Waals surface area contributed by atoms with Gasteiger partial charge in [-0.15, -0.1) is 0 Å². The predicted octanol–water partition coefficient (Wildman–Crippen LogP) is 1.59. The van der Waals surface area contributed by atoms with E-state index in [2.05, 4.69) is 45.1 Å². The highest BCUT2D eigenvalue weighted by molar-refractivity contribution is 4.76. The molecule has 0 spiro atoms. The molecular weight excluding hydrogens is 188 g/mol. The highest BCUT2D eigenvalue weighted by Gasteiger charge is 2.16. The van der Waals surface area contributed by atoms with E-state index in [1.165, 1.54) is 0 Å². The molecule has 1 N–H and O–H groups in total. The first-order chi connectivity index (χ1) is 6.97. The average molecular weight is 216 g/mol. The van der Waals surface area contributed by atoms with Crippen molar-refractivity contribution in [3.05, 3.63) is 0 Å². The van der Waals surface area contributed by atoms with Crippen LogP contribution in [-0.4, -0.2) is 51.3 Å². The van der Waals surface area contributed by atoms with Gasteiger partial charge in [0.15, 0.2) is 0 Å². The maximum Gasteiger partial charge on any atom is 0.0476 e. The minimum Gasteiger partial charge on any atom is -0.385 e. The molecule has 0 rings (SSSR count). The fourth-order valence-corrected chi connectivity index (χ4v) is 1.59. The molecule has 0 fully saturated rings. The van der Waals surface area contributed by atoms with Crippen molar-refractivity contribution in [2.24, 2.45) is 5.92 Å². The van der Waals surface area contributed by atoms with Crippen LogP contribution in [0.2, 0.25) is 0 Å². The standard InChI is InChI=1S/C12H28N2O/c1-10(2)12(9-14(4)5)13-11(3)7-8-15-6/h10-13H,7-9H2,1-6H3. The van der Waals surface area contributed by atoms with Gasteiger partial charge in [0.05, 0.1) is 0 Å². The van der Waals surface area contributed by atoms with Crippen molar-refractivity contribution in [3.8, 4) is 0 Å². The third-order valence-electron chi connectivity index (χ3n) is 2.62. The van der Waals surface area contributed by atoms with Crippen molar-refractivity contribution in [2.75, 3.05) is 34.4 Å². The van der Waals surface area contributed by atoms with Crippen LogP contribution in [0.4, 0.5) is 0 Å². The van der Waals surface area contributed by atoms with Crippen LogP contribution in [0.3, 0.4) is 0 Å². The quantitative estimate of drug-likeness (QED) is 0.667. The Kier molecular flexibility index (Phi) is 8.02. The van der Waals surface area contributed by atoms with Crippen molar-refractivity contribution in [1.29, 1.82) is 0 Å². The van der Waals surface area contributed by atoms with Crippen molar-refractivity contribution in [2.45, 2.75) is 39.3 Å². The molecular formula is C12H28N2O. The number of hydrogen-bond donors (Lipinski definition) is 1. The number of nitrogens with zero attached hydrogens (tertiary/aromatic N) is 1. The first kappa shape index (κ1) is 14.9. The normalized spacial score (nSPS) is 16.0. The predicted molar refractivity (Wildman–Crippen MR) is 66.3 cm³/mol. The molecule has 0 radical (unpaired) electrons. The van der Waals surface area contributed by atoms with Crippen molar-refractivity contribution >= 4 is 0 Å². The largest absolute Gasteiger partial charge is 0.385 e. The molecule has 2 atom stereocenters. The minimum absolute atomic E-state index is 0.525. The minimum atomic E-state index is 0.525. The summed E-state index contributed by atoms with van der Waals surface area (Å²) in [5, 5.41) is 3.66. The van der Waals surface area contributed by atoms with Crippen LogP contribution in [0, 0.1) is 5.92 Å². The van der Waals surface area contributed by atoms with Gasteiger partial charge in [0.1, 0.15) is 0 Å². The summed E-state index contributed by atoms with van der Waals surface area (Å²) in [5.41, 5.74) is 0. The second kappa shape index (κ2) is 8.08. The summed E-state index contributed by atoms with van der Waals surface area (Å²) in [6.45, 7) is 8.69. The van der Waals surface area contributed by atoms with E-state index in [1.54, 1.807) is 7.11 Å². The molecule has 15 heavy (non-hydrogen) atoms. The highest BCUT2D eigenvalue weighted by atomic mass is 16.5. The Morgan fingerprint density at radius 1 is 1.20 bits per heavy atom. The molecule has 0 aliphatic carbocycles. The second-order valence-electron chi connectivity index (χ2n) is 4.96. The monoisotopic (exact) mass is 216 g/mol. The van der Waals surface area contributed by atoms with Gasteiger partial charge in [-0.1, -0.05) is 13.8 Å². The molecule has 0 heterocycles. The van der Waals surface area contributed by atoms with Crippen LogP contribution < -0.4 is 5.32 Å². The smallest absolute Gasteiger partial charge is 0.0476 e. The number of hydrogen-bond acceptors (Lipinski definition) is 3. The average Bonchev–Trinajstić information content (AvgIpc) is 2.12. The topological polar surface area (TPSA) is 24.5 Å². The molecule has 0 aliphatic rings. The molecule has 0 saturated heterocycles. The molecule has 0 aromatic carbocycles. The zero-order valence-corrected chi connectivity index (χ0v) is 11.2. The molecule has 3 nitrogen and oxygen atoms in total. The Labute approximate surface area is 95.2 Å². The fourth-order valence-electron chi connectivity index (χ4n) is 1.59. The lowest BCUT2D eigenvalue weighted by atomic mass is 10.0. The van der Waals surface area contributed by atoms with Gasteiger partial charge in [0.25, 0.3) is 0 Å². The van der Waals surface area contributed by atoms with Crippen LogP contribution in [0.1, 0.15) is 27.2 Å². The molecule has 2 unspecified atom stereocenters. The van der Waals surface area contributed by atoms with Gasteiger partial charge in [-0.2, -0.15) is 0 Å². The van der Waals surface area contributed by atoms with E-state index in [9.17, 15) is 0 Å². The molecule has 0 aromatic rings. The Balaban J connectivity index is 3.93. The van der Waals surface area contributed by atoms with E-state index in [0.29, 0.717) is 18.0 Å². The molecule has 0 aromatic heterocycles. The summed E-state index contributed by atoms with van der Waals surface area (Å²) in [6, 6.07) is 1.09. The van der Waals surface area contributed by atoms with E-state index in [0.717, 1.165) is 19.6 Å². The van der Waals surface area contributed by atoms with Gasteiger partial charge in [0.2, 0.25) is 0 Å². The summed E-state index contributed by atoms with van der Waals surface area (Å²) < 4.78 is 5.09. The Morgan fingerprint density at radius 2 is 1.80 bits per heavy atom. The number of methoxy groups -OCH3 is 1.